The molecule has 0 aromatic carbocycles. The normalized spacial score (nSPS) is 15.3. The number of fused-ring (bicyclic) bond motifs is 1. The Morgan fingerprint density at radius 2 is 2.26 bits per heavy atom. The van der Waals surface area contributed by atoms with E-state index in [4.69, 9.17) is 4.42 Å². The van der Waals surface area contributed by atoms with Crippen LogP contribution in [0.3, 0.4) is 0 Å². The van der Waals surface area contributed by atoms with Crippen molar-refractivity contribution < 1.29 is 4.42 Å². The first-order chi connectivity index (χ1) is 9.18. The molecule has 0 amide bonds. The molecule has 1 aliphatic rings. The Labute approximate surface area is 112 Å². The van der Waals surface area contributed by atoms with Crippen molar-refractivity contribution in [2.45, 2.75) is 26.7 Å². The van der Waals surface area contributed by atoms with Crippen molar-refractivity contribution in [2.24, 2.45) is 0 Å². The van der Waals surface area contributed by atoms with Gasteiger partial charge in [-0.05, 0) is 32.3 Å². The molecule has 96 valence electrons. The minimum atomic E-state index is 0.748. The van der Waals surface area contributed by atoms with Gasteiger partial charge in [-0.2, -0.15) is 0 Å². The van der Waals surface area contributed by atoms with Crippen LogP contribution in [0, 0.1) is 6.92 Å². The second-order valence-corrected chi connectivity index (χ2v) is 4.91. The molecule has 2 aromatic rings. The first-order valence-corrected chi connectivity index (χ1v) is 6.43. The Hall–Kier alpha value is -2.16. The smallest absolute Gasteiger partial charge is 0.171 e. The van der Waals surface area contributed by atoms with E-state index in [0.29, 0.717) is 0 Å². The molecule has 0 saturated heterocycles. The lowest BCUT2D eigenvalue weighted by molar-refractivity contribution is 0.590. The van der Waals surface area contributed by atoms with Crippen LogP contribution in [0.5, 0.6) is 0 Å². The number of hydrogen-bond acceptors (Lipinski definition) is 3. The van der Waals surface area contributed by atoms with Gasteiger partial charge in [-0.25, -0.2) is 9.97 Å². The van der Waals surface area contributed by atoms with E-state index in [1.165, 1.54) is 11.1 Å². The highest BCUT2D eigenvalue weighted by Gasteiger charge is 2.19. The summed E-state index contributed by atoms with van der Waals surface area (Å²) in [5.74, 6) is 0.929. The van der Waals surface area contributed by atoms with Crippen LogP contribution in [0.4, 0.5) is 0 Å². The van der Waals surface area contributed by atoms with Gasteiger partial charge in [0.25, 0.3) is 0 Å². The fourth-order valence-electron chi connectivity index (χ4n) is 2.55. The minimum absolute atomic E-state index is 0.748. The Morgan fingerprint density at radius 3 is 3.00 bits per heavy atom. The summed E-state index contributed by atoms with van der Waals surface area (Å²) in [6.07, 6.45) is 9.62. The van der Waals surface area contributed by atoms with Gasteiger partial charge in [-0.15, -0.1) is 0 Å². The number of furan rings is 1. The molecule has 0 spiro atoms. The quantitative estimate of drug-likeness (QED) is 0.803. The van der Waals surface area contributed by atoms with Gasteiger partial charge in [0, 0.05) is 11.1 Å². The Kier molecular flexibility index (Phi) is 2.82. The number of allylic oxidation sites excluding steroid dienone is 5. The van der Waals surface area contributed by atoms with Gasteiger partial charge < -0.3 is 4.42 Å². The van der Waals surface area contributed by atoms with Crippen LogP contribution in [-0.4, -0.2) is 9.97 Å². The van der Waals surface area contributed by atoms with Gasteiger partial charge in [0.15, 0.2) is 5.58 Å². The zero-order valence-corrected chi connectivity index (χ0v) is 11.2. The van der Waals surface area contributed by atoms with Crippen molar-refractivity contribution in [3.8, 4) is 0 Å². The fourth-order valence-corrected chi connectivity index (χ4v) is 2.55. The molecule has 0 saturated carbocycles. The SMILES string of the molecule is C=C(C)C1=C(c2oc3cncnc3c2C)CCC=C1. The van der Waals surface area contributed by atoms with Crippen LogP contribution in [0.2, 0.25) is 0 Å². The van der Waals surface area contributed by atoms with Crippen molar-refractivity contribution >= 4 is 16.7 Å². The molecule has 1 aliphatic carbocycles. The van der Waals surface area contributed by atoms with E-state index in [1.54, 1.807) is 12.5 Å². The van der Waals surface area contributed by atoms with Gasteiger partial charge in [0.05, 0.1) is 6.20 Å². The lowest BCUT2D eigenvalue weighted by Crippen LogP contribution is -1.96. The number of rotatable bonds is 2. The van der Waals surface area contributed by atoms with Crippen molar-refractivity contribution in [3.63, 3.8) is 0 Å². The largest absolute Gasteiger partial charge is 0.453 e. The van der Waals surface area contributed by atoms with E-state index in [0.717, 1.165) is 40.8 Å². The van der Waals surface area contributed by atoms with Crippen molar-refractivity contribution in [1.29, 1.82) is 0 Å². The van der Waals surface area contributed by atoms with Crippen LogP contribution in [-0.2, 0) is 0 Å². The maximum atomic E-state index is 5.96. The van der Waals surface area contributed by atoms with Crippen molar-refractivity contribution in [1.82, 2.24) is 9.97 Å². The Balaban J connectivity index is 2.26. The fraction of sp³-hybridized carbons (Fsp3) is 0.250. The van der Waals surface area contributed by atoms with E-state index in [1.807, 2.05) is 6.92 Å². The van der Waals surface area contributed by atoms with E-state index in [2.05, 4.69) is 35.6 Å². The lowest BCUT2D eigenvalue weighted by Gasteiger charge is -2.15. The second kappa shape index (κ2) is 4.50. The van der Waals surface area contributed by atoms with Crippen LogP contribution >= 0.6 is 0 Å². The molecule has 3 rings (SSSR count). The van der Waals surface area contributed by atoms with Crippen LogP contribution < -0.4 is 0 Å². The molecule has 3 heteroatoms. The summed E-state index contributed by atoms with van der Waals surface area (Å²) < 4.78 is 5.96. The minimum Gasteiger partial charge on any atom is -0.453 e. The number of aromatic nitrogens is 2. The molecule has 2 heterocycles. The average Bonchev–Trinajstić information content (AvgIpc) is 2.76. The third-order valence-electron chi connectivity index (χ3n) is 3.49. The first-order valence-electron chi connectivity index (χ1n) is 6.43. The molecule has 0 atom stereocenters. The summed E-state index contributed by atoms with van der Waals surface area (Å²) in [7, 11) is 0. The summed E-state index contributed by atoms with van der Waals surface area (Å²) in [6.45, 7) is 8.14. The van der Waals surface area contributed by atoms with Crippen LogP contribution in [0.15, 0.2) is 46.8 Å². The summed E-state index contributed by atoms with van der Waals surface area (Å²) in [5.41, 5.74) is 6.21. The second-order valence-electron chi connectivity index (χ2n) is 4.91. The molecule has 0 N–H and O–H groups in total. The zero-order valence-electron chi connectivity index (χ0n) is 11.2. The molecule has 0 unspecified atom stereocenters. The van der Waals surface area contributed by atoms with Crippen molar-refractivity contribution in [3.05, 3.63) is 53.7 Å². The molecule has 0 radical (unpaired) electrons. The highest BCUT2D eigenvalue weighted by atomic mass is 16.3. The molecule has 2 aromatic heterocycles. The van der Waals surface area contributed by atoms with Gasteiger partial charge in [0.2, 0.25) is 0 Å². The molecule has 3 nitrogen and oxygen atoms in total. The average molecular weight is 252 g/mol. The van der Waals surface area contributed by atoms with Crippen LogP contribution in [0.25, 0.3) is 16.7 Å². The topological polar surface area (TPSA) is 38.9 Å². The van der Waals surface area contributed by atoms with E-state index in [-0.39, 0.29) is 0 Å². The molecule has 19 heavy (non-hydrogen) atoms. The number of aryl methyl sites for hydroxylation is 1. The maximum absolute atomic E-state index is 5.96. The summed E-state index contributed by atoms with van der Waals surface area (Å²) in [4.78, 5) is 8.31. The predicted molar refractivity (Wildman–Crippen MR) is 76.6 cm³/mol. The standard InChI is InChI=1S/C16H16N2O/c1-10(2)12-6-4-5-7-13(12)16-11(3)15-14(19-16)8-17-9-18-15/h4,6,8-9H,1,5,7H2,2-3H3. The van der Waals surface area contributed by atoms with Gasteiger partial charge in [0.1, 0.15) is 17.6 Å². The molecule has 0 bridgehead atoms. The zero-order chi connectivity index (χ0) is 13.4. The van der Waals surface area contributed by atoms with E-state index < -0.39 is 0 Å². The molecular formula is C16H16N2O. The lowest BCUT2D eigenvalue weighted by atomic mass is 9.91. The first kappa shape index (κ1) is 11.9. The van der Waals surface area contributed by atoms with E-state index in [9.17, 15) is 0 Å². The Bertz CT molecular complexity index is 719. The third kappa shape index (κ3) is 1.91. The third-order valence-corrected chi connectivity index (χ3v) is 3.49. The molecule has 0 fully saturated rings. The summed E-state index contributed by atoms with van der Waals surface area (Å²) in [6, 6.07) is 0. The summed E-state index contributed by atoms with van der Waals surface area (Å²) in [5, 5.41) is 0. The number of nitrogens with zero attached hydrogens (tertiary/aromatic N) is 2. The highest BCUT2D eigenvalue weighted by Crippen LogP contribution is 2.36. The van der Waals surface area contributed by atoms with Gasteiger partial charge in [-0.3, -0.25) is 0 Å². The number of hydrogen-bond donors (Lipinski definition) is 0. The van der Waals surface area contributed by atoms with E-state index >= 15 is 0 Å². The molecular weight excluding hydrogens is 236 g/mol. The monoisotopic (exact) mass is 252 g/mol. The Morgan fingerprint density at radius 1 is 1.42 bits per heavy atom. The highest BCUT2D eigenvalue weighted by molar-refractivity contribution is 5.85. The predicted octanol–water partition coefficient (Wildman–Crippen LogP) is 4.21. The molecule has 0 aliphatic heterocycles. The summed E-state index contributed by atoms with van der Waals surface area (Å²) >= 11 is 0. The van der Waals surface area contributed by atoms with Crippen molar-refractivity contribution in [2.75, 3.05) is 0 Å². The maximum Gasteiger partial charge on any atom is 0.171 e. The van der Waals surface area contributed by atoms with Crippen LogP contribution in [0.1, 0.15) is 31.1 Å². The van der Waals surface area contributed by atoms with Gasteiger partial charge >= 0.3 is 0 Å². The van der Waals surface area contributed by atoms with Gasteiger partial charge in [-0.1, -0.05) is 24.3 Å².